The molecule has 88 valence electrons. The van der Waals surface area contributed by atoms with Gasteiger partial charge >= 0.3 is 0 Å². The molecular formula is C9H19N3O3. The molecule has 2 atom stereocenters. The molecule has 0 fully saturated rings. The van der Waals surface area contributed by atoms with Crippen LogP contribution >= 0.6 is 0 Å². The molecule has 0 rings (SSSR count). The van der Waals surface area contributed by atoms with Crippen LogP contribution in [0.3, 0.4) is 0 Å². The maximum atomic E-state index is 11.4. The third-order valence-electron chi connectivity index (χ3n) is 2.01. The molecule has 0 spiro atoms. The molecule has 0 aliphatic carbocycles. The number of aliphatic hydroxyl groups excluding tert-OH is 1. The fourth-order valence-corrected chi connectivity index (χ4v) is 0.801. The van der Waals surface area contributed by atoms with E-state index in [-0.39, 0.29) is 12.0 Å². The number of nitrogens with one attached hydrogen (secondary N) is 1. The van der Waals surface area contributed by atoms with Crippen LogP contribution in [-0.4, -0.2) is 35.6 Å². The summed E-state index contributed by atoms with van der Waals surface area (Å²) in [5, 5.41) is 11.4. The molecule has 2 unspecified atom stereocenters. The second-order valence-electron chi connectivity index (χ2n) is 4.51. The highest BCUT2D eigenvalue weighted by Gasteiger charge is 2.27. The number of hydrogen-bond donors (Lipinski definition) is 4. The van der Waals surface area contributed by atoms with Crippen LogP contribution in [0.5, 0.6) is 0 Å². The molecular weight excluding hydrogens is 198 g/mol. The minimum atomic E-state index is -1.37. The van der Waals surface area contributed by atoms with Crippen LogP contribution in [0.15, 0.2) is 0 Å². The fourth-order valence-electron chi connectivity index (χ4n) is 0.801. The summed E-state index contributed by atoms with van der Waals surface area (Å²) < 4.78 is 0. The second kappa shape index (κ2) is 5.09. The van der Waals surface area contributed by atoms with Gasteiger partial charge in [-0.2, -0.15) is 0 Å². The Kier molecular flexibility index (Phi) is 4.70. The molecule has 15 heavy (non-hydrogen) atoms. The standard InChI is InChI=1S/C9H19N3O3/c1-9(2,3)6(10)8(15)12-4-5(13)7(11)14/h5-6,13H,4,10H2,1-3H3,(H2,11,14)(H,12,15). The SMILES string of the molecule is CC(C)(C)C(N)C(=O)NCC(O)C(N)=O. The molecule has 2 amide bonds. The molecule has 0 aliphatic heterocycles. The highest BCUT2D eigenvalue weighted by Crippen LogP contribution is 2.16. The minimum absolute atomic E-state index is 0.210. The van der Waals surface area contributed by atoms with Crippen molar-refractivity contribution in [2.45, 2.75) is 32.9 Å². The quantitative estimate of drug-likeness (QED) is 0.450. The maximum absolute atomic E-state index is 11.4. The summed E-state index contributed by atoms with van der Waals surface area (Å²) >= 11 is 0. The van der Waals surface area contributed by atoms with Gasteiger partial charge in [0.1, 0.15) is 6.10 Å². The van der Waals surface area contributed by atoms with Crippen LogP contribution in [-0.2, 0) is 9.59 Å². The van der Waals surface area contributed by atoms with E-state index in [1.165, 1.54) is 0 Å². The Labute approximate surface area is 89.0 Å². The third-order valence-corrected chi connectivity index (χ3v) is 2.01. The van der Waals surface area contributed by atoms with Gasteiger partial charge in [0.15, 0.2) is 0 Å². The summed E-state index contributed by atoms with van der Waals surface area (Å²) in [4.78, 5) is 21.9. The lowest BCUT2D eigenvalue weighted by molar-refractivity contribution is -0.128. The largest absolute Gasteiger partial charge is 0.381 e. The van der Waals surface area contributed by atoms with E-state index in [4.69, 9.17) is 16.6 Å². The van der Waals surface area contributed by atoms with Crippen molar-refractivity contribution in [2.24, 2.45) is 16.9 Å². The van der Waals surface area contributed by atoms with Crippen molar-refractivity contribution < 1.29 is 14.7 Å². The molecule has 0 heterocycles. The number of amides is 2. The van der Waals surface area contributed by atoms with Crippen LogP contribution in [0, 0.1) is 5.41 Å². The Morgan fingerprint density at radius 3 is 2.20 bits per heavy atom. The van der Waals surface area contributed by atoms with Gasteiger partial charge in [-0.25, -0.2) is 0 Å². The van der Waals surface area contributed by atoms with Crippen LogP contribution in [0.25, 0.3) is 0 Å². The van der Waals surface area contributed by atoms with Crippen molar-refractivity contribution in [2.75, 3.05) is 6.54 Å². The predicted molar refractivity (Wildman–Crippen MR) is 55.6 cm³/mol. The van der Waals surface area contributed by atoms with E-state index >= 15 is 0 Å². The molecule has 0 aliphatic rings. The summed E-state index contributed by atoms with van der Waals surface area (Å²) in [5.74, 6) is -1.29. The van der Waals surface area contributed by atoms with Crippen molar-refractivity contribution in [3.63, 3.8) is 0 Å². The number of rotatable bonds is 4. The Bertz CT molecular complexity index is 247. The topological polar surface area (TPSA) is 118 Å². The number of hydrogen-bond acceptors (Lipinski definition) is 4. The van der Waals surface area contributed by atoms with Gasteiger partial charge in [0.2, 0.25) is 11.8 Å². The van der Waals surface area contributed by atoms with Gasteiger partial charge in [0, 0.05) is 0 Å². The Hall–Kier alpha value is -1.14. The zero-order valence-corrected chi connectivity index (χ0v) is 9.28. The summed E-state index contributed by atoms with van der Waals surface area (Å²) in [7, 11) is 0. The van der Waals surface area contributed by atoms with Crippen molar-refractivity contribution in [1.82, 2.24) is 5.32 Å². The Morgan fingerprint density at radius 2 is 1.87 bits per heavy atom. The Morgan fingerprint density at radius 1 is 1.40 bits per heavy atom. The van der Waals surface area contributed by atoms with E-state index < -0.39 is 24.0 Å². The smallest absolute Gasteiger partial charge is 0.248 e. The monoisotopic (exact) mass is 217 g/mol. The first kappa shape index (κ1) is 13.9. The highest BCUT2D eigenvalue weighted by molar-refractivity contribution is 5.84. The third kappa shape index (κ3) is 4.75. The predicted octanol–water partition coefficient (Wildman–Crippen LogP) is -1.68. The molecule has 6 heteroatoms. The zero-order chi connectivity index (χ0) is 12.2. The van der Waals surface area contributed by atoms with E-state index in [9.17, 15) is 9.59 Å². The molecule has 0 aromatic heterocycles. The average Bonchev–Trinajstić information content (AvgIpc) is 2.10. The van der Waals surface area contributed by atoms with E-state index in [0.29, 0.717) is 0 Å². The number of nitrogens with two attached hydrogens (primary N) is 2. The zero-order valence-electron chi connectivity index (χ0n) is 9.28. The van der Waals surface area contributed by atoms with Gasteiger partial charge in [-0.3, -0.25) is 9.59 Å². The minimum Gasteiger partial charge on any atom is -0.381 e. The van der Waals surface area contributed by atoms with Gasteiger partial charge in [-0.1, -0.05) is 20.8 Å². The lowest BCUT2D eigenvalue weighted by Crippen LogP contribution is -2.51. The van der Waals surface area contributed by atoms with Gasteiger partial charge in [-0.05, 0) is 5.41 Å². The summed E-state index contributed by atoms with van der Waals surface area (Å²) in [6, 6.07) is -0.697. The summed E-state index contributed by atoms with van der Waals surface area (Å²) in [6.07, 6.45) is -1.37. The van der Waals surface area contributed by atoms with Crippen molar-refractivity contribution in [1.29, 1.82) is 0 Å². The van der Waals surface area contributed by atoms with Gasteiger partial charge in [0.25, 0.3) is 0 Å². The molecule has 0 bridgehead atoms. The number of carbonyl (C=O) groups excluding carboxylic acids is 2. The van der Waals surface area contributed by atoms with E-state index in [0.717, 1.165) is 0 Å². The van der Waals surface area contributed by atoms with Crippen molar-refractivity contribution in [3.8, 4) is 0 Å². The summed E-state index contributed by atoms with van der Waals surface area (Å²) in [5.41, 5.74) is 10.1. The first-order valence-corrected chi connectivity index (χ1v) is 4.67. The number of primary amides is 1. The molecule has 6 N–H and O–H groups in total. The lowest BCUT2D eigenvalue weighted by atomic mass is 9.87. The molecule has 6 nitrogen and oxygen atoms in total. The van der Waals surface area contributed by atoms with E-state index in [2.05, 4.69) is 5.32 Å². The Balaban J connectivity index is 4.11. The van der Waals surface area contributed by atoms with Crippen LogP contribution in [0.4, 0.5) is 0 Å². The van der Waals surface area contributed by atoms with E-state index in [1.54, 1.807) is 0 Å². The van der Waals surface area contributed by atoms with Crippen LogP contribution < -0.4 is 16.8 Å². The maximum Gasteiger partial charge on any atom is 0.248 e. The second-order valence-corrected chi connectivity index (χ2v) is 4.51. The van der Waals surface area contributed by atoms with Crippen molar-refractivity contribution >= 4 is 11.8 Å². The molecule has 0 saturated carbocycles. The van der Waals surface area contributed by atoms with Crippen LogP contribution in [0.2, 0.25) is 0 Å². The van der Waals surface area contributed by atoms with Crippen molar-refractivity contribution in [3.05, 3.63) is 0 Å². The van der Waals surface area contributed by atoms with Gasteiger partial charge in [0.05, 0.1) is 12.6 Å². The summed E-state index contributed by atoms with van der Waals surface area (Å²) in [6.45, 7) is 5.25. The first-order chi connectivity index (χ1) is 6.66. The number of carbonyl (C=O) groups is 2. The molecule has 0 aromatic carbocycles. The number of aliphatic hydroxyl groups is 1. The average molecular weight is 217 g/mol. The van der Waals surface area contributed by atoms with Gasteiger partial charge in [-0.15, -0.1) is 0 Å². The normalized spacial score (nSPS) is 15.5. The van der Waals surface area contributed by atoms with E-state index in [1.807, 2.05) is 20.8 Å². The van der Waals surface area contributed by atoms with Crippen LogP contribution in [0.1, 0.15) is 20.8 Å². The highest BCUT2D eigenvalue weighted by atomic mass is 16.3. The lowest BCUT2D eigenvalue weighted by Gasteiger charge is -2.26. The fraction of sp³-hybridized carbons (Fsp3) is 0.778. The first-order valence-electron chi connectivity index (χ1n) is 4.67. The molecule has 0 aromatic rings. The van der Waals surface area contributed by atoms with Gasteiger partial charge < -0.3 is 21.9 Å². The molecule has 0 saturated heterocycles. The molecule has 0 radical (unpaired) electrons.